The molecule has 0 unspecified atom stereocenters. The Bertz CT molecular complexity index is 636. The van der Waals surface area contributed by atoms with Gasteiger partial charge in [-0.3, -0.25) is 0 Å². The van der Waals surface area contributed by atoms with Crippen LogP contribution in [0.3, 0.4) is 0 Å². The van der Waals surface area contributed by atoms with E-state index in [2.05, 4.69) is 20.7 Å². The van der Waals surface area contributed by atoms with Crippen molar-refractivity contribution in [3.8, 4) is 16.9 Å². The second-order valence-electron chi connectivity index (χ2n) is 4.39. The van der Waals surface area contributed by atoms with Crippen LogP contribution in [0.5, 0.6) is 5.75 Å². The molecule has 0 aromatic heterocycles. The van der Waals surface area contributed by atoms with Gasteiger partial charge in [-0.1, -0.05) is 40.2 Å². The molecule has 2 aromatic rings. The van der Waals surface area contributed by atoms with Crippen LogP contribution in [0.25, 0.3) is 11.1 Å². The first-order valence-electron chi connectivity index (χ1n) is 5.90. The number of rotatable bonds is 2. The van der Waals surface area contributed by atoms with Crippen LogP contribution in [0.1, 0.15) is 11.1 Å². The Kier molecular flexibility index (Phi) is 4.09. The van der Waals surface area contributed by atoms with E-state index in [0.717, 1.165) is 21.2 Å². The van der Waals surface area contributed by atoms with Gasteiger partial charge in [-0.15, -0.1) is 13.2 Å². The van der Waals surface area contributed by atoms with Crippen LogP contribution in [-0.4, -0.2) is 6.36 Å². The van der Waals surface area contributed by atoms with E-state index in [9.17, 15) is 13.2 Å². The molecule has 0 aliphatic heterocycles. The Hall–Kier alpha value is -1.49. The first-order valence-corrected chi connectivity index (χ1v) is 6.70. The summed E-state index contributed by atoms with van der Waals surface area (Å²) in [5.41, 5.74) is 3.06. The monoisotopic (exact) mass is 344 g/mol. The van der Waals surface area contributed by atoms with E-state index in [0.29, 0.717) is 5.56 Å². The van der Waals surface area contributed by atoms with Gasteiger partial charge in [-0.2, -0.15) is 0 Å². The Morgan fingerprint density at radius 3 is 2.20 bits per heavy atom. The third kappa shape index (κ3) is 3.15. The van der Waals surface area contributed by atoms with E-state index in [1.165, 1.54) is 12.1 Å². The third-order valence-electron chi connectivity index (χ3n) is 3.12. The SMILES string of the molecule is Cc1c(Br)ccc(-c2ccccc2OC(F)(F)F)c1C. The van der Waals surface area contributed by atoms with Crippen LogP contribution >= 0.6 is 15.9 Å². The maximum Gasteiger partial charge on any atom is 0.573 e. The second-order valence-corrected chi connectivity index (χ2v) is 5.24. The highest BCUT2D eigenvalue weighted by atomic mass is 79.9. The van der Waals surface area contributed by atoms with Crippen molar-refractivity contribution in [3.63, 3.8) is 0 Å². The molecule has 0 amide bonds. The fourth-order valence-electron chi connectivity index (χ4n) is 1.98. The molecule has 0 atom stereocenters. The van der Waals surface area contributed by atoms with Crippen molar-refractivity contribution in [3.05, 3.63) is 52.0 Å². The van der Waals surface area contributed by atoms with Gasteiger partial charge in [0.1, 0.15) is 5.75 Å². The molecule has 0 saturated carbocycles. The molecule has 0 saturated heterocycles. The molecule has 0 radical (unpaired) electrons. The number of hydrogen-bond acceptors (Lipinski definition) is 1. The molecule has 0 spiro atoms. The number of alkyl halides is 3. The molecular weight excluding hydrogens is 333 g/mol. The van der Waals surface area contributed by atoms with Gasteiger partial charge in [0.05, 0.1) is 0 Å². The number of hydrogen-bond donors (Lipinski definition) is 0. The normalized spacial score (nSPS) is 11.5. The smallest absolute Gasteiger partial charge is 0.405 e. The van der Waals surface area contributed by atoms with Crippen molar-refractivity contribution in [1.82, 2.24) is 0 Å². The van der Waals surface area contributed by atoms with E-state index >= 15 is 0 Å². The number of ether oxygens (including phenoxy) is 1. The first-order chi connectivity index (χ1) is 9.29. The van der Waals surface area contributed by atoms with Gasteiger partial charge in [-0.25, -0.2) is 0 Å². The second kappa shape index (κ2) is 5.48. The largest absolute Gasteiger partial charge is 0.573 e. The van der Waals surface area contributed by atoms with Crippen molar-refractivity contribution < 1.29 is 17.9 Å². The zero-order valence-corrected chi connectivity index (χ0v) is 12.5. The summed E-state index contributed by atoms with van der Waals surface area (Å²) in [5.74, 6) is -0.190. The quantitative estimate of drug-likeness (QED) is 0.685. The molecule has 0 aliphatic carbocycles. The molecule has 0 heterocycles. The Balaban J connectivity index is 2.56. The molecule has 1 nitrogen and oxygen atoms in total. The highest BCUT2D eigenvalue weighted by Gasteiger charge is 2.32. The van der Waals surface area contributed by atoms with Crippen LogP contribution in [0.15, 0.2) is 40.9 Å². The molecule has 0 fully saturated rings. The molecule has 20 heavy (non-hydrogen) atoms. The van der Waals surface area contributed by atoms with Crippen molar-refractivity contribution in [2.24, 2.45) is 0 Å². The van der Waals surface area contributed by atoms with Gasteiger partial charge in [0.2, 0.25) is 0 Å². The zero-order valence-electron chi connectivity index (χ0n) is 10.9. The highest BCUT2D eigenvalue weighted by molar-refractivity contribution is 9.10. The van der Waals surface area contributed by atoms with Crippen molar-refractivity contribution in [2.45, 2.75) is 20.2 Å². The molecule has 0 aliphatic rings. The van der Waals surface area contributed by atoms with Gasteiger partial charge in [-0.05, 0) is 42.7 Å². The number of halogens is 4. The zero-order chi connectivity index (χ0) is 14.9. The van der Waals surface area contributed by atoms with Gasteiger partial charge in [0.25, 0.3) is 0 Å². The van der Waals surface area contributed by atoms with Crippen molar-refractivity contribution in [2.75, 3.05) is 0 Å². The van der Waals surface area contributed by atoms with Gasteiger partial charge >= 0.3 is 6.36 Å². The van der Waals surface area contributed by atoms with Crippen LogP contribution in [-0.2, 0) is 0 Å². The van der Waals surface area contributed by atoms with Crippen LogP contribution in [0.2, 0.25) is 0 Å². The fourth-order valence-corrected chi connectivity index (χ4v) is 2.41. The first kappa shape index (κ1) is 14.9. The summed E-state index contributed by atoms with van der Waals surface area (Å²) >= 11 is 3.41. The lowest BCUT2D eigenvalue weighted by Gasteiger charge is -2.16. The summed E-state index contributed by atoms with van der Waals surface area (Å²) < 4.78 is 42.4. The average molecular weight is 345 g/mol. The van der Waals surface area contributed by atoms with Crippen molar-refractivity contribution >= 4 is 15.9 Å². The Morgan fingerprint density at radius 2 is 1.55 bits per heavy atom. The fraction of sp³-hybridized carbons (Fsp3) is 0.200. The van der Waals surface area contributed by atoms with Gasteiger partial charge < -0.3 is 4.74 Å². The number of para-hydroxylation sites is 1. The van der Waals surface area contributed by atoms with Crippen LogP contribution in [0.4, 0.5) is 13.2 Å². The minimum Gasteiger partial charge on any atom is -0.405 e. The maximum atomic E-state index is 12.5. The van der Waals surface area contributed by atoms with Crippen LogP contribution < -0.4 is 4.74 Å². The molecule has 0 N–H and O–H groups in total. The molecule has 106 valence electrons. The topological polar surface area (TPSA) is 9.23 Å². The molecule has 2 aromatic carbocycles. The standard InChI is InChI=1S/C15H12BrF3O/c1-9-10(2)13(16)8-7-11(9)12-5-3-4-6-14(12)20-15(17,18)19/h3-8H,1-2H3. The van der Waals surface area contributed by atoms with E-state index in [1.54, 1.807) is 18.2 Å². The lowest BCUT2D eigenvalue weighted by atomic mass is 9.96. The highest BCUT2D eigenvalue weighted by Crippen LogP contribution is 2.37. The van der Waals surface area contributed by atoms with Crippen LogP contribution in [0, 0.1) is 13.8 Å². The average Bonchev–Trinajstić information content (AvgIpc) is 2.36. The maximum absolute atomic E-state index is 12.5. The third-order valence-corrected chi connectivity index (χ3v) is 3.98. The van der Waals surface area contributed by atoms with Crippen molar-refractivity contribution in [1.29, 1.82) is 0 Å². The minimum absolute atomic E-state index is 0.190. The summed E-state index contributed by atoms with van der Waals surface area (Å²) in [4.78, 5) is 0. The summed E-state index contributed by atoms with van der Waals surface area (Å²) in [7, 11) is 0. The Labute approximate surface area is 123 Å². The summed E-state index contributed by atoms with van der Waals surface area (Å²) in [6.45, 7) is 3.79. The molecule has 2 rings (SSSR count). The van der Waals surface area contributed by atoms with E-state index in [1.807, 2.05) is 19.9 Å². The van der Waals surface area contributed by atoms with E-state index < -0.39 is 6.36 Å². The molecule has 5 heteroatoms. The van der Waals surface area contributed by atoms with Gasteiger partial charge in [0.15, 0.2) is 0 Å². The molecule has 0 bridgehead atoms. The van der Waals surface area contributed by atoms with Gasteiger partial charge in [0, 0.05) is 10.0 Å². The Morgan fingerprint density at radius 1 is 0.900 bits per heavy atom. The number of benzene rings is 2. The summed E-state index contributed by atoms with van der Waals surface area (Å²) in [5, 5.41) is 0. The molecular formula is C15H12BrF3O. The van der Waals surface area contributed by atoms with E-state index in [4.69, 9.17) is 0 Å². The predicted molar refractivity (Wildman–Crippen MR) is 75.7 cm³/mol. The van der Waals surface area contributed by atoms with E-state index in [-0.39, 0.29) is 5.75 Å². The summed E-state index contributed by atoms with van der Waals surface area (Å²) in [6.07, 6.45) is -4.70. The summed E-state index contributed by atoms with van der Waals surface area (Å²) in [6, 6.07) is 9.75. The predicted octanol–water partition coefficient (Wildman–Crippen LogP) is 5.63. The lowest BCUT2D eigenvalue weighted by molar-refractivity contribution is -0.274. The lowest BCUT2D eigenvalue weighted by Crippen LogP contribution is -2.17. The minimum atomic E-state index is -4.70.